The van der Waals surface area contributed by atoms with Crippen molar-refractivity contribution in [2.24, 2.45) is 0 Å². The Morgan fingerprint density at radius 2 is 2.14 bits per heavy atom. The number of hydrogen-bond donors (Lipinski definition) is 2. The molecule has 3 amide bonds. The minimum atomic E-state index is -4.78. The minimum Gasteiger partial charge on any atom is -0.406 e. The maximum Gasteiger partial charge on any atom is 0.573 e. The number of benzene rings is 1. The highest BCUT2D eigenvalue weighted by Crippen LogP contribution is 2.30. The number of nitrogens with zero attached hydrogens (tertiary/aromatic N) is 2. The van der Waals surface area contributed by atoms with Crippen molar-refractivity contribution in [2.45, 2.75) is 32.7 Å². The molecule has 1 aliphatic rings. The number of nitrogens with one attached hydrogen (secondary N) is 2. The number of alkyl halides is 3. The molecule has 0 fully saturated rings. The summed E-state index contributed by atoms with van der Waals surface area (Å²) in [5.74, 6) is -0.323. The van der Waals surface area contributed by atoms with Crippen molar-refractivity contribution in [1.29, 1.82) is 0 Å². The zero-order valence-electron chi connectivity index (χ0n) is 15.7. The monoisotopic (exact) mass is 408 g/mol. The van der Waals surface area contributed by atoms with Crippen molar-refractivity contribution in [3.05, 3.63) is 47.7 Å². The van der Waals surface area contributed by atoms with E-state index in [1.54, 1.807) is 12.1 Å². The molecule has 2 aromatic rings. The fourth-order valence-corrected chi connectivity index (χ4v) is 3.06. The molecule has 1 aromatic carbocycles. The van der Waals surface area contributed by atoms with E-state index in [4.69, 9.17) is 0 Å². The minimum absolute atomic E-state index is 0.191. The number of halogens is 3. The van der Waals surface area contributed by atoms with Gasteiger partial charge in [-0.2, -0.15) is 0 Å². The molecule has 0 radical (unpaired) electrons. The van der Waals surface area contributed by atoms with Gasteiger partial charge in [0.05, 0.1) is 11.7 Å². The van der Waals surface area contributed by atoms with Crippen LogP contribution in [0.4, 0.5) is 29.5 Å². The summed E-state index contributed by atoms with van der Waals surface area (Å²) in [4.78, 5) is 30.1. The van der Waals surface area contributed by atoms with Gasteiger partial charge in [-0.1, -0.05) is 19.1 Å². The highest BCUT2D eigenvalue weighted by atomic mass is 19.4. The van der Waals surface area contributed by atoms with Crippen LogP contribution in [0.1, 0.15) is 30.5 Å². The lowest BCUT2D eigenvalue weighted by atomic mass is 10.0. The molecule has 10 heteroatoms. The van der Waals surface area contributed by atoms with E-state index >= 15 is 0 Å². The van der Waals surface area contributed by atoms with Gasteiger partial charge in [-0.3, -0.25) is 9.69 Å². The van der Waals surface area contributed by atoms with Gasteiger partial charge < -0.3 is 15.4 Å². The molecule has 154 valence electrons. The molecule has 1 atom stereocenters. The molecule has 2 heterocycles. The summed E-state index contributed by atoms with van der Waals surface area (Å²) in [6.07, 6.45) is -2.78. The Bertz CT molecular complexity index is 933. The van der Waals surface area contributed by atoms with Crippen LogP contribution in [0.25, 0.3) is 0 Å². The first-order valence-corrected chi connectivity index (χ1v) is 8.87. The largest absolute Gasteiger partial charge is 0.573 e. The SMILES string of the molecule is CCC(NC(=O)N1CC(=O)Nc2cccnc21)c1ccc(OC(F)(F)F)c(C)c1. The lowest BCUT2D eigenvalue weighted by Gasteiger charge is -2.29. The van der Waals surface area contributed by atoms with E-state index in [1.807, 2.05) is 6.92 Å². The molecule has 0 saturated carbocycles. The predicted molar refractivity (Wildman–Crippen MR) is 99.6 cm³/mol. The van der Waals surface area contributed by atoms with Gasteiger partial charge in [-0.05, 0) is 42.7 Å². The Labute approximate surface area is 164 Å². The number of aryl methyl sites for hydroxylation is 1. The Hall–Kier alpha value is -3.30. The number of anilines is 2. The van der Waals surface area contributed by atoms with Crippen molar-refractivity contribution in [1.82, 2.24) is 10.3 Å². The molecule has 2 N–H and O–H groups in total. The number of urea groups is 1. The number of rotatable bonds is 4. The van der Waals surface area contributed by atoms with Crippen LogP contribution < -0.4 is 20.3 Å². The van der Waals surface area contributed by atoms with Crippen LogP contribution >= 0.6 is 0 Å². The molecule has 0 spiro atoms. The highest BCUT2D eigenvalue weighted by Gasteiger charge is 2.32. The van der Waals surface area contributed by atoms with Gasteiger partial charge in [-0.25, -0.2) is 9.78 Å². The van der Waals surface area contributed by atoms with Crippen LogP contribution in [0.5, 0.6) is 5.75 Å². The van der Waals surface area contributed by atoms with Crippen LogP contribution in [-0.4, -0.2) is 29.8 Å². The maximum atomic E-state index is 12.8. The van der Waals surface area contributed by atoms with Crippen LogP contribution in [0, 0.1) is 6.92 Å². The van der Waals surface area contributed by atoms with E-state index in [0.29, 0.717) is 23.5 Å². The first-order valence-electron chi connectivity index (χ1n) is 8.87. The van der Waals surface area contributed by atoms with E-state index in [9.17, 15) is 22.8 Å². The number of ether oxygens (including phenoxy) is 1. The van der Waals surface area contributed by atoms with Gasteiger partial charge >= 0.3 is 12.4 Å². The summed E-state index contributed by atoms with van der Waals surface area (Å²) in [5.41, 5.74) is 1.34. The summed E-state index contributed by atoms with van der Waals surface area (Å²) in [6, 6.07) is 6.50. The number of hydrogen-bond acceptors (Lipinski definition) is 4. The van der Waals surface area contributed by atoms with Crippen molar-refractivity contribution in [3.63, 3.8) is 0 Å². The molecule has 1 aromatic heterocycles. The molecular formula is C19H19F3N4O3. The molecule has 0 bridgehead atoms. The highest BCUT2D eigenvalue weighted by molar-refractivity contribution is 6.08. The zero-order chi connectivity index (χ0) is 21.2. The smallest absolute Gasteiger partial charge is 0.406 e. The molecule has 1 aliphatic heterocycles. The number of carbonyl (C=O) groups excluding carboxylic acids is 2. The first-order chi connectivity index (χ1) is 13.7. The Morgan fingerprint density at radius 1 is 1.38 bits per heavy atom. The summed E-state index contributed by atoms with van der Waals surface area (Å²) in [5, 5.41) is 5.46. The quantitative estimate of drug-likeness (QED) is 0.804. The normalized spacial score (nSPS) is 14.7. The van der Waals surface area contributed by atoms with Gasteiger partial charge in [0, 0.05) is 6.20 Å². The van der Waals surface area contributed by atoms with Crippen molar-refractivity contribution >= 4 is 23.4 Å². The molecule has 1 unspecified atom stereocenters. The fraction of sp³-hybridized carbons (Fsp3) is 0.316. The summed E-state index contributed by atoms with van der Waals surface area (Å²) >= 11 is 0. The van der Waals surface area contributed by atoms with Crippen LogP contribution in [0.15, 0.2) is 36.5 Å². The first kappa shape index (κ1) is 20.4. The number of pyridine rings is 1. The second-order valence-electron chi connectivity index (χ2n) is 6.49. The van der Waals surface area contributed by atoms with E-state index in [0.717, 1.165) is 0 Å². The molecule has 0 aliphatic carbocycles. The fourth-order valence-electron chi connectivity index (χ4n) is 3.06. The lowest BCUT2D eigenvalue weighted by Crippen LogP contribution is -2.48. The average Bonchev–Trinajstić information content (AvgIpc) is 2.65. The summed E-state index contributed by atoms with van der Waals surface area (Å²) < 4.78 is 41.3. The van der Waals surface area contributed by atoms with Gasteiger partial charge in [0.1, 0.15) is 12.3 Å². The third-order valence-electron chi connectivity index (χ3n) is 4.40. The number of fused-ring (bicyclic) bond motifs is 1. The van der Waals surface area contributed by atoms with E-state index in [1.165, 1.54) is 36.2 Å². The van der Waals surface area contributed by atoms with Gasteiger partial charge in [0.2, 0.25) is 5.91 Å². The Morgan fingerprint density at radius 3 is 2.79 bits per heavy atom. The van der Waals surface area contributed by atoms with Crippen LogP contribution in [-0.2, 0) is 4.79 Å². The summed E-state index contributed by atoms with van der Waals surface area (Å²) in [6.45, 7) is 3.13. The molecule has 7 nitrogen and oxygen atoms in total. The summed E-state index contributed by atoms with van der Waals surface area (Å²) in [7, 11) is 0. The number of carbonyl (C=O) groups is 2. The van der Waals surface area contributed by atoms with Gasteiger partial charge in [0.25, 0.3) is 0 Å². The predicted octanol–water partition coefficient (Wildman–Crippen LogP) is 3.91. The molecule has 29 heavy (non-hydrogen) atoms. The van der Waals surface area contributed by atoms with Crippen molar-refractivity contribution in [2.75, 3.05) is 16.8 Å². The van der Waals surface area contributed by atoms with Crippen molar-refractivity contribution < 1.29 is 27.5 Å². The van der Waals surface area contributed by atoms with Gasteiger partial charge in [-0.15, -0.1) is 13.2 Å². The second-order valence-corrected chi connectivity index (χ2v) is 6.49. The van der Waals surface area contributed by atoms with Gasteiger partial charge in [0.15, 0.2) is 5.82 Å². The number of amides is 3. The zero-order valence-corrected chi connectivity index (χ0v) is 15.7. The molecule has 0 saturated heterocycles. The number of aromatic nitrogens is 1. The average molecular weight is 408 g/mol. The maximum absolute atomic E-state index is 12.8. The van der Waals surface area contributed by atoms with Crippen molar-refractivity contribution in [3.8, 4) is 5.75 Å². The van der Waals surface area contributed by atoms with E-state index < -0.39 is 18.4 Å². The van der Waals surface area contributed by atoms with E-state index in [-0.39, 0.29) is 23.8 Å². The third-order valence-corrected chi connectivity index (χ3v) is 4.40. The standard InChI is InChI=1S/C19H19F3N4O3/c1-3-13(12-6-7-15(11(2)9-12)29-19(20,21)22)25-18(28)26-10-16(27)24-14-5-4-8-23-17(14)26/h4-9,13H,3,10H2,1-2H3,(H,24,27)(H,25,28). The van der Waals surface area contributed by atoms with Crippen LogP contribution in [0.3, 0.4) is 0 Å². The second kappa shape index (κ2) is 7.98. The third kappa shape index (κ3) is 4.76. The Kier molecular flexibility index (Phi) is 5.62. The Balaban J connectivity index is 1.79. The molecule has 3 rings (SSSR count). The van der Waals surface area contributed by atoms with Crippen LogP contribution in [0.2, 0.25) is 0 Å². The topological polar surface area (TPSA) is 83.6 Å². The lowest BCUT2D eigenvalue weighted by molar-refractivity contribution is -0.274. The van der Waals surface area contributed by atoms with E-state index in [2.05, 4.69) is 20.4 Å². The molecular weight excluding hydrogens is 389 g/mol.